The Balaban J connectivity index is 0.00000484. The highest BCUT2D eigenvalue weighted by Crippen LogP contribution is 2.17. The van der Waals surface area contributed by atoms with Gasteiger partial charge in [0, 0.05) is 5.69 Å². The number of ether oxygens (including phenoxy) is 1. The number of carbonyl (C=O) groups excluding carboxylic acids is 2. The van der Waals surface area contributed by atoms with Crippen LogP contribution in [0, 0.1) is 5.41 Å². The van der Waals surface area contributed by atoms with Crippen molar-refractivity contribution in [3.63, 3.8) is 0 Å². The van der Waals surface area contributed by atoms with Crippen LogP contribution in [-0.2, 0) is 9.59 Å². The van der Waals surface area contributed by atoms with Gasteiger partial charge < -0.3 is 21.1 Å². The van der Waals surface area contributed by atoms with Crippen LogP contribution >= 0.6 is 12.4 Å². The van der Waals surface area contributed by atoms with E-state index in [1.54, 1.807) is 24.3 Å². The van der Waals surface area contributed by atoms with Gasteiger partial charge in [0.1, 0.15) is 5.75 Å². The van der Waals surface area contributed by atoms with Crippen molar-refractivity contribution in [2.24, 2.45) is 11.1 Å². The van der Waals surface area contributed by atoms with Crippen molar-refractivity contribution in [3.05, 3.63) is 24.3 Å². The second-order valence-electron chi connectivity index (χ2n) is 6.07. The Kier molecular flexibility index (Phi) is 8.64. The predicted molar refractivity (Wildman–Crippen MR) is 93.9 cm³/mol. The maximum atomic E-state index is 11.8. The summed E-state index contributed by atoms with van der Waals surface area (Å²) in [5.41, 5.74) is 6.11. The fraction of sp³-hybridized carbons (Fsp3) is 0.500. The van der Waals surface area contributed by atoms with Crippen LogP contribution in [0.5, 0.6) is 5.75 Å². The number of anilines is 1. The predicted octanol–water partition coefficient (Wildman–Crippen LogP) is 1.94. The number of benzene rings is 1. The molecule has 1 aromatic rings. The van der Waals surface area contributed by atoms with E-state index >= 15 is 0 Å². The minimum absolute atomic E-state index is 0. The molecule has 0 heterocycles. The lowest BCUT2D eigenvalue weighted by Gasteiger charge is -2.25. The molecular weight excluding hydrogens is 318 g/mol. The summed E-state index contributed by atoms with van der Waals surface area (Å²) in [5.74, 6) is 0.0953. The van der Waals surface area contributed by atoms with Gasteiger partial charge in [-0.15, -0.1) is 12.4 Å². The van der Waals surface area contributed by atoms with E-state index in [1.165, 1.54) is 0 Å². The van der Waals surface area contributed by atoms with Crippen LogP contribution in [0.3, 0.4) is 0 Å². The summed E-state index contributed by atoms with van der Waals surface area (Å²) in [6.45, 7) is 7.99. The highest BCUT2D eigenvalue weighted by atomic mass is 35.5. The van der Waals surface area contributed by atoms with Crippen molar-refractivity contribution in [2.45, 2.75) is 33.7 Å². The highest BCUT2D eigenvalue weighted by Gasteiger charge is 2.27. The molecule has 130 valence electrons. The van der Waals surface area contributed by atoms with E-state index in [1.807, 2.05) is 27.7 Å². The molecule has 0 aliphatic heterocycles. The zero-order valence-corrected chi connectivity index (χ0v) is 14.8. The fourth-order valence-electron chi connectivity index (χ4n) is 1.68. The Morgan fingerprint density at radius 2 is 1.78 bits per heavy atom. The lowest BCUT2D eigenvalue weighted by atomic mass is 9.87. The number of halogens is 1. The van der Waals surface area contributed by atoms with Gasteiger partial charge in [0.25, 0.3) is 0 Å². The van der Waals surface area contributed by atoms with Gasteiger partial charge in [-0.25, -0.2) is 0 Å². The van der Waals surface area contributed by atoms with Crippen LogP contribution in [-0.4, -0.2) is 31.0 Å². The first-order valence-corrected chi connectivity index (χ1v) is 7.30. The van der Waals surface area contributed by atoms with Crippen LogP contribution in [0.25, 0.3) is 0 Å². The Labute approximate surface area is 143 Å². The van der Waals surface area contributed by atoms with Crippen molar-refractivity contribution in [3.8, 4) is 5.75 Å². The summed E-state index contributed by atoms with van der Waals surface area (Å²) in [4.78, 5) is 23.6. The second kappa shape index (κ2) is 9.37. The number of carbonyl (C=O) groups is 2. The Bertz CT molecular complexity index is 512. The summed E-state index contributed by atoms with van der Waals surface area (Å²) in [6, 6.07) is 6.36. The smallest absolute Gasteiger partial charge is 0.243 e. The maximum Gasteiger partial charge on any atom is 0.243 e. The molecule has 0 aromatic heterocycles. The Hall–Kier alpha value is -1.79. The lowest BCUT2D eigenvalue weighted by molar-refractivity contribution is -0.126. The molecule has 4 N–H and O–H groups in total. The van der Waals surface area contributed by atoms with E-state index in [2.05, 4.69) is 10.6 Å². The average Bonchev–Trinajstić information content (AvgIpc) is 2.45. The van der Waals surface area contributed by atoms with E-state index in [0.29, 0.717) is 12.3 Å². The summed E-state index contributed by atoms with van der Waals surface area (Å²) in [7, 11) is 0. The Morgan fingerprint density at radius 3 is 2.26 bits per heavy atom. The molecule has 0 aliphatic carbocycles. The first kappa shape index (κ1) is 21.2. The molecule has 0 spiro atoms. The molecule has 0 saturated heterocycles. The largest absolute Gasteiger partial charge is 0.494 e. The molecule has 1 atom stereocenters. The first-order chi connectivity index (χ1) is 10.2. The number of amides is 2. The van der Waals surface area contributed by atoms with Crippen molar-refractivity contribution in [1.82, 2.24) is 5.32 Å². The Morgan fingerprint density at radius 1 is 1.22 bits per heavy atom. The highest BCUT2D eigenvalue weighted by molar-refractivity contribution is 5.95. The maximum absolute atomic E-state index is 11.8. The average molecular weight is 344 g/mol. The minimum Gasteiger partial charge on any atom is -0.494 e. The third-order valence-electron chi connectivity index (χ3n) is 3.09. The summed E-state index contributed by atoms with van der Waals surface area (Å²) >= 11 is 0. The number of nitrogens with two attached hydrogens (primary N) is 1. The van der Waals surface area contributed by atoms with Gasteiger partial charge in [-0.3, -0.25) is 9.59 Å². The van der Waals surface area contributed by atoms with Crippen molar-refractivity contribution >= 4 is 29.9 Å². The SMILES string of the molecule is CCOc1ccc(NC(=O)CNC(=O)[C@@H](N)C(C)(C)C)cc1.Cl. The molecule has 0 fully saturated rings. The van der Waals surface area contributed by atoms with Crippen LogP contribution in [0.15, 0.2) is 24.3 Å². The number of nitrogens with one attached hydrogen (secondary N) is 2. The van der Waals surface area contributed by atoms with Crippen molar-refractivity contribution in [2.75, 3.05) is 18.5 Å². The molecule has 0 saturated carbocycles. The molecule has 1 aromatic carbocycles. The van der Waals surface area contributed by atoms with E-state index in [4.69, 9.17) is 10.5 Å². The fourth-order valence-corrected chi connectivity index (χ4v) is 1.68. The summed E-state index contributed by atoms with van der Waals surface area (Å²) < 4.78 is 5.32. The zero-order chi connectivity index (χ0) is 16.8. The van der Waals surface area contributed by atoms with Gasteiger partial charge in [0.15, 0.2) is 0 Å². The molecule has 2 amide bonds. The van der Waals surface area contributed by atoms with Crippen LogP contribution in [0.4, 0.5) is 5.69 Å². The molecule has 23 heavy (non-hydrogen) atoms. The van der Waals surface area contributed by atoms with E-state index in [0.717, 1.165) is 5.75 Å². The molecule has 0 bridgehead atoms. The first-order valence-electron chi connectivity index (χ1n) is 7.30. The van der Waals surface area contributed by atoms with Crippen LogP contribution in [0.2, 0.25) is 0 Å². The van der Waals surface area contributed by atoms with Crippen molar-refractivity contribution < 1.29 is 14.3 Å². The minimum atomic E-state index is -0.661. The molecule has 6 nitrogen and oxygen atoms in total. The zero-order valence-electron chi connectivity index (χ0n) is 14.0. The lowest BCUT2D eigenvalue weighted by Crippen LogP contribution is -2.50. The molecule has 0 aliphatic rings. The molecule has 1 rings (SSSR count). The van der Waals surface area contributed by atoms with Gasteiger partial charge in [-0.1, -0.05) is 20.8 Å². The summed E-state index contributed by atoms with van der Waals surface area (Å²) in [6.07, 6.45) is 0. The van der Waals surface area contributed by atoms with E-state index in [9.17, 15) is 9.59 Å². The number of hydrogen-bond donors (Lipinski definition) is 3. The van der Waals surface area contributed by atoms with Crippen LogP contribution < -0.4 is 21.1 Å². The normalized spacial score (nSPS) is 11.9. The van der Waals surface area contributed by atoms with Crippen LogP contribution in [0.1, 0.15) is 27.7 Å². The monoisotopic (exact) mass is 343 g/mol. The quantitative estimate of drug-likeness (QED) is 0.735. The van der Waals surface area contributed by atoms with Gasteiger partial charge in [-0.05, 0) is 36.6 Å². The van der Waals surface area contributed by atoms with E-state index in [-0.39, 0.29) is 36.2 Å². The standard InChI is InChI=1S/C16H25N3O3.ClH/c1-5-22-12-8-6-11(7-9-12)19-13(20)10-18-15(21)14(17)16(2,3)4;/h6-9,14H,5,10,17H2,1-4H3,(H,18,21)(H,19,20);1H/t14-;/m1./s1. The molecule has 7 heteroatoms. The van der Waals surface area contributed by atoms with E-state index < -0.39 is 6.04 Å². The number of rotatable bonds is 6. The van der Waals surface area contributed by atoms with Gasteiger partial charge in [0.2, 0.25) is 11.8 Å². The topological polar surface area (TPSA) is 93.5 Å². The third-order valence-corrected chi connectivity index (χ3v) is 3.09. The number of hydrogen-bond acceptors (Lipinski definition) is 4. The summed E-state index contributed by atoms with van der Waals surface area (Å²) in [5, 5.41) is 5.23. The van der Waals surface area contributed by atoms with Gasteiger partial charge in [-0.2, -0.15) is 0 Å². The van der Waals surface area contributed by atoms with Gasteiger partial charge in [0.05, 0.1) is 19.2 Å². The third kappa shape index (κ3) is 7.34. The van der Waals surface area contributed by atoms with Crippen molar-refractivity contribution in [1.29, 1.82) is 0 Å². The second-order valence-corrected chi connectivity index (χ2v) is 6.07. The molecular formula is C16H26ClN3O3. The van der Waals surface area contributed by atoms with Gasteiger partial charge >= 0.3 is 0 Å². The molecule has 0 radical (unpaired) electrons. The molecule has 0 unspecified atom stereocenters.